The maximum Gasteiger partial charge on any atom is 0.350 e. The van der Waals surface area contributed by atoms with Gasteiger partial charge in [0.2, 0.25) is 5.91 Å². The second kappa shape index (κ2) is 10.1. The van der Waals surface area contributed by atoms with Crippen molar-refractivity contribution in [1.82, 2.24) is 9.80 Å². The Labute approximate surface area is 178 Å². The Kier molecular flexibility index (Phi) is 8.12. The molecule has 1 aromatic heterocycles. The molecule has 0 aromatic carbocycles. The fourth-order valence-electron chi connectivity index (χ4n) is 3.02. The monoisotopic (exact) mass is 419 g/mol. The lowest BCUT2D eigenvalue weighted by atomic mass is 9.98. The number of ether oxygens (including phenoxy) is 1. The molecule has 1 saturated heterocycles. The van der Waals surface area contributed by atoms with E-state index in [-0.39, 0.29) is 17.4 Å². The molecule has 1 atom stereocenters. The van der Waals surface area contributed by atoms with Crippen molar-refractivity contribution in [1.29, 1.82) is 0 Å². The van der Waals surface area contributed by atoms with E-state index >= 15 is 0 Å². The Hall–Kier alpha value is -2.04. The zero-order valence-electron chi connectivity index (χ0n) is 18.4. The van der Waals surface area contributed by atoms with Gasteiger partial charge in [-0.3, -0.25) is 4.79 Å². The molecule has 1 fully saturated rings. The molecule has 0 unspecified atom stereocenters. The van der Waals surface area contributed by atoms with Crippen molar-refractivity contribution in [2.45, 2.75) is 46.1 Å². The lowest BCUT2D eigenvalue weighted by molar-refractivity contribution is -0.131. The van der Waals surface area contributed by atoms with E-state index in [4.69, 9.17) is 4.74 Å². The molecule has 2 rings (SSSR count). The van der Waals surface area contributed by atoms with E-state index in [0.717, 1.165) is 37.2 Å². The molecule has 1 aliphatic rings. The maximum atomic E-state index is 13.1. The first-order chi connectivity index (χ1) is 13.6. The van der Waals surface area contributed by atoms with Crippen LogP contribution in [-0.4, -0.2) is 68.6 Å². The number of carbonyl (C=O) groups excluding carboxylic acids is 2. The minimum Gasteiger partial charge on any atom is -0.465 e. The van der Waals surface area contributed by atoms with Crippen LogP contribution in [0, 0.1) is 17.3 Å². The van der Waals surface area contributed by atoms with Gasteiger partial charge in [-0.2, -0.15) is 0 Å². The molecule has 1 aromatic rings. The number of esters is 1. The molecular formula is C22H33N3O3S. The van der Waals surface area contributed by atoms with Crippen molar-refractivity contribution in [2.24, 2.45) is 5.41 Å². The smallest absolute Gasteiger partial charge is 0.350 e. The summed E-state index contributed by atoms with van der Waals surface area (Å²) in [5.74, 6) is 6.02. The van der Waals surface area contributed by atoms with Gasteiger partial charge < -0.3 is 19.9 Å². The van der Waals surface area contributed by atoms with Crippen LogP contribution in [0.1, 0.15) is 54.6 Å². The van der Waals surface area contributed by atoms with Gasteiger partial charge in [0.1, 0.15) is 10.9 Å². The number of thiophene rings is 1. The molecule has 160 valence electrons. The van der Waals surface area contributed by atoms with Crippen LogP contribution in [0.2, 0.25) is 0 Å². The van der Waals surface area contributed by atoms with Crippen molar-refractivity contribution in [2.75, 3.05) is 46.2 Å². The zero-order valence-corrected chi connectivity index (χ0v) is 19.2. The minimum atomic E-state index is -0.410. The SMILES string of the molecule is COC(=O)c1sc(C#CC(C)(C)C)cc1N[C@H]1CCCCN(CCN(C)C)C1=O. The standard InChI is InChI=1S/C22H33N3O3S/c1-22(2,3)11-10-16-15-18(19(29-16)21(27)28-6)23-17-9-7-8-12-25(20(17)26)14-13-24(4)5/h15,17,23H,7-9,12-14H2,1-6H3/t17-/m0/s1. The van der Waals surface area contributed by atoms with E-state index in [1.807, 2.05) is 45.8 Å². The van der Waals surface area contributed by atoms with Gasteiger partial charge in [0.05, 0.1) is 17.7 Å². The summed E-state index contributed by atoms with van der Waals surface area (Å²) in [6, 6.07) is 1.51. The Balaban J connectivity index is 2.25. The first-order valence-electron chi connectivity index (χ1n) is 10.1. The predicted molar refractivity (Wildman–Crippen MR) is 118 cm³/mol. The third-order valence-corrected chi connectivity index (χ3v) is 5.62. The van der Waals surface area contributed by atoms with Crippen LogP contribution in [0.4, 0.5) is 5.69 Å². The molecule has 0 aliphatic carbocycles. The second-order valence-corrected chi connectivity index (χ2v) is 9.72. The molecule has 1 N–H and O–H groups in total. The van der Waals surface area contributed by atoms with E-state index in [2.05, 4.69) is 22.1 Å². The van der Waals surface area contributed by atoms with E-state index in [1.165, 1.54) is 18.4 Å². The van der Waals surface area contributed by atoms with Crippen molar-refractivity contribution in [3.8, 4) is 11.8 Å². The van der Waals surface area contributed by atoms with E-state index in [0.29, 0.717) is 17.1 Å². The highest BCUT2D eigenvalue weighted by atomic mass is 32.1. The highest BCUT2D eigenvalue weighted by Crippen LogP contribution is 2.30. The molecule has 1 aliphatic heterocycles. The number of amides is 1. The average molecular weight is 420 g/mol. The zero-order chi connectivity index (χ0) is 21.6. The van der Waals surface area contributed by atoms with Crippen LogP contribution in [0.15, 0.2) is 6.07 Å². The van der Waals surface area contributed by atoms with E-state index in [9.17, 15) is 9.59 Å². The lowest BCUT2D eigenvalue weighted by Gasteiger charge is -2.26. The molecule has 0 bridgehead atoms. The first kappa shape index (κ1) is 23.2. The van der Waals surface area contributed by atoms with Crippen LogP contribution in [0.25, 0.3) is 0 Å². The maximum absolute atomic E-state index is 13.1. The third-order valence-electron chi connectivity index (χ3n) is 4.59. The predicted octanol–water partition coefficient (Wildman–Crippen LogP) is 3.29. The summed E-state index contributed by atoms with van der Waals surface area (Å²) in [5.41, 5.74) is 0.501. The van der Waals surface area contributed by atoms with Crippen LogP contribution >= 0.6 is 11.3 Å². The number of nitrogens with one attached hydrogen (secondary N) is 1. The van der Waals surface area contributed by atoms with Crippen molar-refractivity contribution >= 4 is 28.9 Å². The number of hydrogen-bond donors (Lipinski definition) is 1. The van der Waals surface area contributed by atoms with Gasteiger partial charge in [0, 0.05) is 25.0 Å². The van der Waals surface area contributed by atoms with Crippen LogP contribution in [0.5, 0.6) is 0 Å². The van der Waals surface area contributed by atoms with Gasteiger partial charge in [0.15, 0.2) is 0 Å². The largest absolute Gasteiger partial charge is 0.465 e. The summed E-state index contributed by atoms with van der Waals surface area (Å²) in [6.45, 7) is 8.44. The lowest BCUT2D eigenvalue weighted by Crippen LogP contribution is -2.44. The number of rotatable bonds is 6. The van der Waals surface area contributed by atoms with Gasteiger partial charge in [-0.1, -0.05) is 11.8 Å². The summed E-state index contributed by atoms with van der Waals surface area (Å²) in [4.78, 5) is 30.6. The fourth-order valence-corrected chi connectivity index (χ4v) is 3.92. The minimum absolute atomic E-state index is 0.0914. The quantitative estimate of drug-likeness (QED) is 0.566. The number of nitrogens with zero attached hydrogens (tertiary/aromatic N) is 2. The fraction of sp³-hybridized carbons (Fsp3) is 0.636. The molecule has 0 spiro atoms. The van der Waals surface area contributed by atoms with Gasteiger partial charge in [0.25, 0.3) is 0 Å². The molecule has 2 heterocycles. The summed E-state index contributed by atoms with van der Waals surface area (Å²) in [6.07, 6.45) is 2.71. The summed E-state index contributed by atoms with van der Waals surface area (Å²) in [5, 5.41) is 3.33. The first-order valence-corrected chi connectivity index (χ1v) is 10.9. The molecule has 0 radical (unpaired) electrons. The van der Waals surface area contributed by atoms with Crippen molar-refractivity contribution < 1.29 is 14.3 Å². The number of methoxy groups -OCH3 is 1. The summed E-state index contributed by atoms with van der Waals surface area (Å²) in [7, 11) is 5.38. The molecule has 7 heteroatoms. The van der Waals surface area contributed by atoms with Gasteiger partial charge in [-0.25, -0.2) is 4.79 Å². The van der Waals surface area contributed by atoms with Crippen molar-refractivity contribution in [3.63, 3.8) is 0 Å². The number of likely N-dealkylation sites (tertiary alicyclic amines) is 1. The molecule has 0 saturated carbocycles. The number of likely N-dealkylation sites (N-methyl/N-ethyl adjacent to an activating group) is 1. The average Bonchev–Trinajstić information content (AvgIpc) is 2.97. The normalized spacial score (nSPS) is 17.6. The number of hydrogen-bond acceptors (Lipinski definition) is 6. The highest BCUT2D eigenvalue weighted by molar-refractivity contribution is 7.15. The van der Waals surface area contributed by atoms with E-state index < -0.39 is 5.97 Å². The Bertz CT molecular complexity index is 783. The number of carbonyl (C=O) groups is 2. The molecule has 6 nitrogen and oxygen atoms in total. The summed E-state index contributed by atoms with van der Waals surface area (Å²) < 4.78 is 4.94. The van der Waals surface area contributed by atoms with Crippen molar-refractivity contribution in [3.05, 3.63) is 15.8 Å². The third kappa shape index (κ3) is 7.06. The summed E-state index contributed by atoms with van der Waals surface area (Å²) >= 11 is 1.30. The van der Waals surface area contributed by atoms with Crippen LogP contribution in [0.3, 0.4) is 0 Å². The highest BCUT2D eigenvalue weighted by Gasteiger charge is 2.29. The van der Waals surface area contributed by atoms with Gasteiger partial charge in [-0.15, -0.1) is 11.3 Å². The van der Waals surface area contributed by atoms with Crippen LogP contribution < -0.4 is 5.32 Å². The van der Waals surface area contributed by atoms with E-state index in [1.54, 1.807) is 0 Å². The second-order valence-electron chi connectivity index (χ2n) is 8.67. The number of anilines is 1. The topological polar surface area (TPSA) is 61.9 Å². The van der Waals surface area contributed by atoms with Gasteiger partial charge >= 0.3 is 5.97 Å². The Morgan fingerprint density at radius 3 is 2.72 bits per heavy atom. The Morgan fingerprint density at radius 2 is 2.10 bits per heavy atom. The van der Waals surface area contributed by atoms with Gasteiger partial charge in [-0.05, 0) is 60.2 Å². The molecule has 29 heavy (non-hydrogen) atoms. The molecule has 1 amide bonds. The van der Waals surface area contributed by atoms with Crippen LogP contribution in [-0.2, 0) is 9.53 Å². The molecular weight excluding hydrogens is 386 g/mol. The Morgan fingerprint density at radius 1 is 1.38 bits per heavy atom.